The lowest BCUT2D eigenvalue weighted by Crippen LogP contribution is -2.07. The van der Waals surface area contributed by atoms with Crippen LogP contribution in [0, 0.1) is 5.82 Å². The summed E-state index contributed by atoms with van der Waals surface area (Å²) in [6.45, 7) is 0. The highest BCUT2D eigenvalue weighted by molar-refractivity contribution is 5.88. The third-order valence-electron chi connectivity index (χ3n) is 1.51. The van der Waals surface area contributed by atoms with Gasteiger partial charge >= 0.3 is 12.2 Å². The van der Waals surface area contributed by atoms with Crippen molar-refractivity contribution in [3.05, 3.63) is 35.1 Å². The van der Waals surface area contributed by atoms with E-state index < -0.39 is 29.2 Å². The maximum Gasteiger partial charge on any atom is 0.416 e. The van der Waals surface area contributed by atoms with Crippen molar-refractivity contribution in [1.29, 1.82) is 0 Å². The largest absolute Gasteiger partial charge is 0.416 e. The number of carbonyl (C=O) groups excluding carboxylic acids is 1. The highest BCUT2D eigenvalue weighted by Crippen LogP contribution is 2.30. The lowest BCUT2D eigenvalue weighted by Gasteiger charge is -2.06. The molecule has 6 heteroatoms. The summed E-state index contributed by atoms with van der Waals surface area (Å²) in [4.78, 5) is 10.1. The minimum Gasteiger partial charge on any atom is -0.255 e. The lowest BCUT2D eigenvalue weighted by atomic mass is 10.1. The van der Waals surface area contributed by atoms with E-state index in [0.29, 0.717) is 12.1 Å². The zero-order valence-corrected chi connectivity index (χ0v) is 6.53. The van der Waals surface area contributed by atoms with E-state index in [1.807, 2.05) is 0 Å². The normalized spacial score (nSPS) is 11.5. The first-order valence-corrected chi connectivity index (χ1v) is 3.39. The molecule has 0 amide bonds. The molecule has 1 nitrogen and oxygen atoms in total. The monoisotopic (exact) mass is 210 g/mol. The Kier molecular flexibility index (Phi) is 2.55. The molecule has 0 bridgehead atoms. The van der Waals surface area contributed by atoms with Gasteiger partial charge in [-0.05, 0) is 18.2 Å². The quantitative estimate of drug-likeness (QED) is 0.514. The summed E-state index contributed by atoms with van der Waals surface area (Å²) in [5.41, 5.74) is -2.47. The van der Waals surface area contributed by atoms with Gasteiger partial charge in [0.1, 0.15) is 5.82 Å². The van der Waals surface area contributed by atoms with Crippen LogP contribution in [0.15, 0.2) is 18.2 Å². The Morgan fingerprint density at radius 3 is 2.21 bits per heavy atom. The molecule has 0 saturated heterocycles. The van der Waals surface area contributed by atoms with E-state index in [1.165, 1.54) is 0 Å². The first kappa shape index (κ1) is 10.6. The number of benzene rings is 1. The molecule has 0 spiro atoms. The minimum atomic E-state index is -4.72. The SMILES string of the molecule is O=C(F)c1cc(C(F)(F)F)ccc1F. The maximum absolute atomic E-state index is 12.6. The molecule has 14 heavy (non-hydrogen) atoms. The summed E-state index contributed by atoms with van der Waals surface area (Å²) in [7, 11) is 0. The topological polar surface area (TPSA) is 17.1 Å². The molecule has 0 aliphatic rings. The van der Waals surface area contributed by atoms with Gasteiger partial charge in [0.25, 0.3) is 0 Å². The van der Waals surface area contributed by atoms with Crippen LogP contribution < -0.4 is 0 Å². The van der Waals surface area contributed by atoms with E-state index in [9.17, 15) is 26.7 Å². The van der Waals surface area contributed by atoms with E-state index in [-0.39, 0.29) is 6.07 Å². The second-order valence-electron chi connectivity index (χ2n) is 2.47. The Bertz CT molecular complexity index is 368. The predicted molar refractivity (Wildman–Crippen MR) is 36.8 cm³/mol. The zero-order valence-electron chi connectivity index (χ0n) is 6.53. The molecule has 0 unspecified atom stereocenters. The predicted octanol–water partition coefficient (Wildman–Crippen LogP) is 2.95. The first-order chi connectivity index (χ1) is 6.32. The second-order valence-corrected chi connectivity index (χ2v) is 2.47. The van der Waals surface area contributed by atoms with Crippen molar-refractivity contribution in [2.45, 2.75) is 6.18 Å². The standard InChI is InChI=1S/C8H3F5O/c9-6-2-1-4(8(11,12)13)3-5(6)7(10)14/h1-3H. The van der Waals surface area contributed by atoms with Crippen LogP contribution in [0.3, 0.4) is 0 Å². The number of alkyl halides is 3. The number of hydrogen-bond acceptors (Lipinski definition) is 1. The summed E-state index contributed by atoms with van der Waals surface area (Å²) in [6, 6.07) is -1.26. The zero-order chi connectivity index (χ0) is 10.9. The molecular weight excluding hydrogens is 207 g/mol. The summed E-state index contributed by atoms with van der Waals surface area (Å²) in [5.74, 6) is -1.31. The van der Waals surface area contributed by atoms with Gasteiger partial charge in [0.2, 0.25) is 0 Å². The molecule has 0 aliphatic heterocycles. The van der Waals surface area contributed by atoms with E-state index in [0.717, 1.165) is 0 Å². The van der Waals surface area contributed by atoms with Crippen molar-refractivity contribution < 1.29 is 26.7 Å². The van der Waals surface area contributed by atoms with Gasteiger partial charge in [-0.1, -0.05) is 0 Å². The minimum absolute atomic E-state index is 0.137. The Morgan fingerprint density at radius 1 is 1.21 bits per heavy atom. The molecule has 1 aromatic carbocycles. The number of hydrogen-bond donors (Lipinski definition) is 0. The fraction of sp³-hybridized carbons (Fsp3) is 0.125. The highest BCUT2D eigenvalue weighted by Gasteiger charge is 2.31. The van der Waals surface area contributed by atoms with Gasteiger partial charge < -0.3 is 0 Å². The van der Waals surface area contributed by atoms with E-state index in [4.69, 9.17) is 0 Å². The molecule has 0 aromatic heterocycles. The van der Waals surface area contributed by atoms with Crippen LogP contribution in [-0.2, 0) is 6.18 Å². The van der Waals surface area contributed by atoms with Crippen molar-refractivity contribution in [1.82, 2.24) is 0 Å². The third kappa shape index (κ3) is 2.07. The molecule has 0 saturated carbocycles. The van der Waals surface area contributed by atoms with Gasteiger partial charge in [-0.2, -0.15) is 17.6 Å². The fourth-order valence-electron chi connectivity index (χ4n) is 0.852. The van der Waals surface area contributed by atoms with Crippen LogP contribution in [0.5, 0.6) is 0 Å². The summed E-state index contributed by atoms with van der Waals surface area (Å²) < 4.78 is 60.6. The number of rotatable bonds is 1. The van der Waals surface area contributed by atoms with Gasteiger partial charge in [0.05, 0.1) is 11.1 Å². The van der Waals surface area contributed by atoms with Crippen molar-refractivity contribution >= 4 is 6.04 Å². The van der Waals surface area contributed by atoms with Crippen molar-refractivity contribution in [2.24, 2.45) is 0 Å². The Balaban J connectivity index is 3.27. The summed E-state index contributed by atoms with van der Waals surface area (Å²) in [5, 5.41) is 0. The third-order valence-corrected chi connectivity index (χ3v) is 1.51. The van der Waals surface area contributed by atoms with Gasteiger partial charge in [0, 0.05) is 0 Å². The number of halogens is 5. The maximum atomic E-state index is 12.6. The Hall–Kier alpha value is -1.46. The lowest BCUT2D eigenvalue weighted by molar-refractivity contribution is -0.137. The van der Waals surface area contributed by atoms with Gasteiger partial charge in [-0.15, -0.1) is 0 Å². The van der Waals surface area contributed by atoms with Gasteiger partial charge in [-0.3, -0.25) is 4.79 Å². The highest BCUT2D eigenvalue weighted by atomic mass is 19.4. The molecule has 0 fully saturated rings. The molecule has 0 heterocycles. The summed E-state index contributed by atoms with van der Waals surface area (Å²) >= 11 is 0. The average molecular weight is 210 g/mol. The molecule has 1 aromatic rings. The van der Waals surface area contributed by atoms with Crippen LogP contribution in [-0.4, -0.2) is 6.04 Å². The molecule has 0 atom stereocenters. The molecule has 0 aliphatic carbocycles. The van der Waals surface area contributed by atoms with Crippen LogP contribution in [0.25, 0.3) is 0 Å². The first-order valence-electron chi connectivity index (χ1n) is 3.39. The van der Waals surface area contributed by atoms with Crippen LogP contribution >= 0.6 is 0 Å². The number of carbonyl (C=O) groups is 1. The molecule has 0 N–H and O–H groups in total. The second kappa shape index (κ2) is 3.36. The van der Waals surface area contributed by atoms with E-state index in [1.54, 1.807) is 0 Å². The van der Waals surface area contributed by atoms with Crippen LogP contribution in [0.2, 0.25) is 0 Å². The molecule has 1 rings (SSSR count). The molecule has 76 valence electrons. The Labute approximate surface area is 75.2 Å². The fourth-order valence-corrected chi connectivity index (χ4v) is 0.852. The van der Waals surface area contributed by atoms with Crippen molar-refractivity contribution in [2.75, 3.05) is 0 Å². The molecule has 0 radical (unpaired) electrons. The van der Waals surface area contributed by atoms with E-state index >= 15 is 0 Å². The van der Waals surface area contributed by atoms with Crippen LogP contribution in [0.1, 0.15) is 15.9 Å². The molecular formula is C8H3F5O. The van der Waals surface area contributed by atoms with Crippen LogP contribution in [0.4, 0.5) is 22.0 Å². The van der Waals surface area contributed by atoms with Gasteiger partial charge in [-0.25, -0.2) is 4.39 Å². The van der Waals surface area contributed by atoms with Crippen molar-refractivity contribution in [3.63, 3.8) is 0 Å². The van der Waals surface area contributed by atoms with E-state index in [2.05, 4.69) is 0 Å². The van der Waals surface area contributed by atoms with Crippen molar-refractivity contribution in [3.8, 4) is 0 Å². The smallest absolute Gasteiger partial charge is 0.255 e. The Morgan fingerprint density at radius 2 is 1.79 bits per heavy atom. The van der Waals surface area contributed by atoms with Gasteiger partial charge in [0.15, 0.2) is 0 Å². The summed E-state index contributed by atoms with van der Waals surface area (Å²) in [6.07, 6.45) is -4.72. The average Bonchev–Trinajstić information content (AvgIpc) is 2.02.